The average molecular weight is 449 g/mol. The Bertz CT molecular complexity index is 254. The van der Waals surface area contributed by atoms with Crippen LogP contribution in [0.2, 0.25) is 0 Å². The molecule has 0 bridgehead atoms. The third kappa shape index (κ3) is 98.9. The van der Waals surface area contributed by atoms with Crippen molar-refractivity contribution in [3.8, 4) is 0 Å². The van der Waals surface area contributed by atoms with Crippen LogP contribution >= 0.6 is 13.4 Å². The summed E-state index contributed by atoms with van der Waals surface area (Å²) in [6.07, 6.45) is 12.4. The van der Waals surface area contributed by atoms with Gasteiger partial charge in [0.15, 0.2) is 0 Å². The largest absolute Gasteiger partial charge is 0.343 e. The molecule has 6 N–H and O–H groups in total. The van der Waals surface area contributed by atoms with E-state index >= 15 is 0 Å². The summed E-state index contributed by atoms with van der Waals surface area (Å²) in [7, 11) is 0. The van der Waals surface area contributed by atoms with Crippen LogP contribution in [-0.4, -0.2) is 29.4 Å². The molecular formula is C11H29O6P2S2Zn-. The molecule has 0 amide bonds. The Balaban J connectivity index is -0.000000124. The zero-order valence-corrected chi connectivity index (χ0v) is 19.6. The van der Waals surface area contributed by atoms with E-state index in [0.29, 0.717) is 0 Å². The van der Waals surface area contributed by atoms with Crippen LogP contribution in [0.25, 0.3) is 0 Å². The summed E-state index contributed by atoms with van der Waals surface area (Å²) in [4.78, 5) is 45.3. The van der Waals surface area contributed by atoms with Crippen molar-refractivity contribution in [1.29, 1.82) is 0 Å². The predicted octanol–water partition coefficient (Wildman–Crippen LogP) is 2.72. The molecule has 0 radical (unpaired) electrons. The van der Waals surface area contributed by atoms with Gasteiger partial charge in [-0.3, -0.25) is 0 Å². The minimum Gasteiger partial charge on any atom is -0.343 e. The molecule has 0 aromatic carbocycles. The second-order valence-corrected chi connectivity index (χ2v) is 9.35. The van der Waals surface area contributed by atoms with E-state index in [9.17, 15) is 0 Å². The molecule has 22 heavy (non-hydrogen) atoms. The molecule has 6 nitrogen and oxygen atoms in total. The van der Waals surface area contributed by atoms with Crippen LogP contribution in [0.4, 0.5) is 0 Å². The first kappa shape index (κ1) is 31.5. The molecule has 0 rings (SSSR count). The van der Waals surface area contributed by atoms with Gasteiger partial charge < -0.3 is 36.3 Å². The second kappa shape index (κ2) is 20.7. The Morgan fingerprint density at radius 1 is 0.682 bits per heavy atom. The molecule has 0 aliphatic rings. The smallest absolute Gasteiger partial charge is 0.319 e. The van der Waals surface area contributed by atoms with E-state index in [2.05, 4.69) is 37.5 Å². The molecule has 0 saturated carbocycles. The molecule has 0 aliphatic heterocycles. The van der Waals surface area contributed by atoms with Gasteiger partial charge in [-0.2, -0.15) is 6.42 Å². The standard InChI is InChI=1S/C11H23.2H3O3PS.Zn/c1-3-5-7-9-11-10-8-6-4-2;2*1-4(2,3)5;/h1,3-11H2,2H3;2*(H3,1,2,3,5);/q-1;;;. The summed E-state index contributed by atoms with van der Waals surface area (Å²) in [5.41, 5.74) is 0. The fraction of sp³-hybridized carbons (Fsp3) is 0.909. The van der Waals surface area contributed by atoms with E-state index in [1.54, 1.807) is 0 Å². The molecule has 134 valence electrons. The van der Waals surface area contributed by atoms with Gasteiger partial charge in [0.05, 0.1) is 0 Å². The van der Waals surface area contributed by atoms with Gasteiger partial charge in [0, 0.05) is 19.5 Å². The van der Waals surface area contributed by atoms with Crippen molar-refractivity contribution in [2.24, 2.45) is 0 Å². The molecule has 0 aliphatic carbocycles. The first-order valence-electron chi connectivity index (χ1n) is 6.77. The summed E-state index contributed by atoms with van der Waals surface area (Å²) in [6, 6.07) is 0. The van der Waals surface area contributed by atoms with Gasteiger partial charge in [0.2, 0.25) is 0 Å². The number of unbranched alkanes of at least 4 members (excludes halogenated alkanes) is 8. The molecular weight excluding hydrogens is 420 g/mol. The van der Waals surface area contributed by atoms with Gasteiger partial charge >= 0.3 is 13.4 Å². The Hall–Kier alpha value is 1.68. The van der Waals surface area contributed by atoms with Crippen molar-refractivity contribution in [3.05, 3.63) is 6.92 Å². The van der Waals surface area contributed by atoms with Crippen molar-refractivity contribution in [3.63, 3.8) is 0 Å². The minimum absolute atomic E-state index is 0. The zero-order chi connectivity index (χ0) is 17.4. The van der Waals surface area contributed by atoms with Crippen molar-refractivity contribution >= 4 is 37.1 Å². The van der Waals surface area contributed by atoms with Gasteiger partial charge in [-0.15, -0.1) is 0 Å². The molecule has 0 heterocycles. The van der Waals surface area contributed by atoms with Crippen molar-refractivity contribution < 1.29 is 48.8 Å². The van der Waals surface area contributed by atoms with E-state index in [-0.39, 0.29) is 19.5 Å². The molecule has 0 saturated heterocycles. The van der Waals surface area contributed by atoms with E-state index in [0.717, 1.165) is 6.42 Å². The summed E-state index contributed by atoms with van der Waals surface area (Å²) in [5, 5.41) is 0. The van der Waals surface area contributed by atoms with Gasteiger partial charge in [-0.05, 0) is 23.6 Å². The quantitative estimate of drug-likeness (QED) is 0.145. The Labute approximate surface area is 157 Å². The van der Waals surface area contributed by atoms with Crippen LogP contribution < -0.4 is 0 Å². The SMILES string of the molecule is OP(O)(O)=S.OP(O)(O)=S.[CH2-]CCCCCCCCCC.[Zn]. The van der Waals surface area contributed by atoms with Gasteiger partial charge in [0.1, 0.15) is 0 Å². The maximum absolute atomic E-state index is 7.56. The molecule has 0 aromatic rings. The Morgan fingerprint density at radius 2 is 0.909 bits per heavy atom. The van der Waals surface area contributed by atoms with E-state index < -0.39 is 13.4 Å². The first-order chi connectivity index (χ1) is 9.41. The molecule has 0 unspecified atom stereocenters. The van der Waals surface area contributed by atoms with Crippen molar-refractivity contribution in [1.82, 2.24) is 0 Å². The zero-order valence-electron chi connectivity index (χ0n) is 13.2. The van der Waals surface area contributed by atoms with Crippen LogP contribution in [0.1, 0.15) is 64.7 Å². The Kier molecular flexibility index (Phi) is 29.6. The minimum atomic E-state index is -3.81. The fourth-order valence-electron chi connectivity index (χ4n) is 1.31. The summed E-state index contributed by atoms with van der Waals surface area (Å²) >= 11 is 7.21. The first-order valence-corrected chi connectivity index (χ1v) is 12.1. The van der Waals surface area contributed by atoms with Crippen molar-refractivity contribution in [2.45, 2.75) is 64.7 Å². The monoisotopic (exact) mass is 447 g/mol. The second-order valence-electron chi connectivity index (χ2n) is 4.35. The third-order valence-electron chi connectivity index (χ3n) is 2.10. The van der Waals surface area contributed by atoms with Gasteiger partial charge in [0.25, 0.3) is 0 Å². The van der Waals surface area contributed by atoms with Gasteiger partial charge in [-0.25, -0.2) is 0 Å². The maximum atomic E-state index is 7.56. The van der Waals surface area contributed by atoms with Crippen LogP contribution in [0, 0.1) is 6.92 Å². The van der Waals surface area contributed by atoms with Crippen LogP contribution in [0.15, 0.2) is 0 Å². The topological polar surface area (TPSA) is 121 Å². The summed E-state index contributed by atoms with van der Waals surface area (Å²) in [6.45, 7) is -1.51. The van der Waals surface area contributed by atoms with E-state index in [1.807, 2.05) is 0 Å². The fourth-order valence-corrected chi connectivity index (χ4v) is 1.31. The molecule has 0 spiro atoms. The number of rotatable bonds is 8. The molecule has 0 fully saturated rings. The summed E-state index contributed by atoms with van der Waals surface area (Å²) in [5.74, 6) is 0. The van der Waals surface area contributed by atoms with Gasteiger partial charge in [-0.1, -0.05) is 58.3 Å². The summed E-state index contributed by atoms with van der Waals surface area (Å²) < 4.78 is 0. The predicted molar refractivity (Wildman–Crippen MR) is 94.5 cm³/mol. The van der Waals surface area contributed by atoms with E-state index in [1.165, 1.54) is 51.4 Å². The van der Waals surface area contributed by atoms with Crippen molar-refractivity contribution in [2.75, 3.05) is 0 Å². The third-order valence-corrected chi connectivity index (χ3v) is 2.10. The average Bonchev–Trinajstić information content (AvgIpc) is 2.23. The normalized spacial score (nSPS) is 10.5. The molecule has 0 aromatic heterocycles. The number of hydrogen-bond acceptors (Lipinski definition) is 2. The molecule has 0 atom stereocenters. The number of hydrogen-bond donors (Lipinski definition) is 6. The van der Waals surface area contributed by atoms with Crippen LogP contribution in [0.5, 0.6) is 0 Å². The Morgan fingerprint density at radius 3 is 1.14 bits per heavy atom. The van der Waals surface area contributed by atoms with Crippen LogP contribution in [0.3, 0.4) is 0 Å². The molecule has 11 heteroatoms. The van der Waals surface area contributed by atoms with E-state index in [4.69, 9.17) is 29.4 Å². The maximum Gasteiger partial charge on any atom is 0.319 e. The van der Waals surface area contributed by atoms with Crippen LogP contribution in [-0.2, 0) is 43.1 Å².